The number of carbonyl (C=O) groups excluding carboxylic acids is 1. The van der Waals surface area contributed by atoms with Crippen LogP contribution in [0.15, 0.2) is 71.7 Å². The highest BCUT2D eigenvalue weighted by Crippen LogP contribution is 2.39. The van der Waals surface area contributed by atoms with Crippen LogP contribution >= 0.6 is 0 Å². The Morgan fingerprint density at radius 3 is 2.47 bits per heavy atom. The number of benzene rings is 3. The van der Waals surface area contributed by atoms with Crippen molar-refractivity contribution in [1.82, 2.24) is 9.80 Å². The molecule has 0 N–H and O–H groups in total. The van der Waals surface area contributed by atoms with E-state index in [0.29, 0.717) is 6.54 Å². The molecule has 0 radical (unpaired) electrons. The van der Waals surface area contributed by atoms with Gasteiger partial charge < -0.3 is 14.5 Å². The quantitative estimate of drug-likeness (QED) is 0.529. The van der Waals surface area contributed by atoms with Gasteiger partial charge in [0.15, 0.2) is 5.75 Å². The van der Waals surface area contributed by atoms with Gasteiger partial charge in [-0.15, -0.1) is 0 Å². The summed E-state index contributed by atoms with van der Waals surface area (Å²) in [5.74, 6) is 2.61. The normalized spacial score (nSPS) is 15.6. The molecule has 5 rings (SSSR count). The zero-order valence-electron chi connectivity index (χ0n) is 18.5. The number of nitrogens with zero attached hydrogens (tertiary/aromatic N) is 3. The Morgan fingerprint density at radius 2 is 1.62 bits per heavy atom. The molecule has 0 saturated carbocycles. The molecular formula is C27H27N3O2. The van der Waals surface area contributed by atoms with Crippen molar-refractivity contribution in [2.45, 2.75) is 20.3 Å². The molecule has 162 valence electrons. The minimum absolute atomic E-state index is 0.0932. The van der Waals surface area contributed by atoms with Crippen LogP contribution in [0.25, 0.3) is 0 Å². The first-order valence-corrected chi connectivity index (χ1v) is 11.2. The van der Waals surface area contributed by atoms with Gasteiger partial charge in [-0.05, 0) is 62.2 Å². The monoisotopic (exact) mass is 425 g/mol. The number of amidine groups is 1. The minimum Gasteiger partial charge on any atom is -0.454 e. The van der Waals surface area contributed by atoms with Crippen molar-refractivity contribution in [3.8, 4) is 11.5 Å². The Kier molecular flexibility index (Phi) is 5.39. The highest BCUT2D eigenvalue weighted by molar-refractivity contribution is 6.04. The first kappa shape index (κ1) is 20.3. The summed E-state index contributed by atoms with van der Waals surface area (Å²) in [5, 5.41) is 0. The second kappa shape index (κ2) is 8.50. The fraction of sp³-hybridized carbons (Fsp3) is 0.259. The van der Waals surface area contributed by atoms with E-state index in [1.54, 1.807) is 0 Å². The van der Waals surface area contributed by atoms with Crippen LogP contribution in [0, 0.1) is 13.8 Å². The highest BCUT2D eigenvalue weighted by Gasteiger charge is 2.26. The molecule has 1 fully saturated rings. The van der Waals surface area contributed by atoms with E-state index in [9.17, 15) is 4.79 Å². The minimum atomic E-state index is 0.0932. The average molecular weight is 426 g/mol. The number of hydrogen-bond acceptors (Lipinski definition) is 4. The van der Waals surface area contributed by atoms with Gasteiger partial charge in [0.1, 0.15) is 17.3 Å². The fourth-order valence-electron chi connectivity index (χ4n) is 4.33. The van der Waals surface area contributed by atoms with Crippen LogP contribution in [0.5, 0.6) is 11.5 Å². The SMILES string of the molecule is Cc1ccc2c(c1)Oc1ccc(C)cc1C(N1CCCN(C(=O)c3ccccc3)CC1)=N2. The predicted molar refractivity (Wildman–Crippen MR) is 127 cm³/mol. The van der Waals surface area contributed by atoms with Gasteiger partial charge in [-0.1, -0.05) is 35.9 Å². The maximum atomic E-state index is 13.0. The van der Waals surface area contributed by atoms with E-state index < -0.39 is 0 Å². The van der Waals surface area contributed by atoms with Crippen molar-refractivity contribution in [3.63, 3.8) is 0 Å². The van der Waals surface area contributed by atoms with Gasteiger partial charge in [0, 0.05) is 31.7 Å². The largest absolute Gasteiger partial charge is 0.454 e. The molecule has 0 atom stereocenters. The number of carbonyl (C=O) groups is 1. The molecule has 2 heterocycles. The van der Waals surface area contributed by atoms with E-state index >= 15 is 0 Å². The third kappa shape index (κ3) is 3.98. The number of amides is 1. The highest BCUT2D eigenvalue weighted by atomic mass is 16.5. The topological polar surface area (TPSA) is 45.1 Å². The van der Waals surface area contributed by atoms with Gasteiger partial charge in [-0.2, -0.15) is 0 Å². The molecule has 5 heteroatoms. The first-order chi connectivity index (χ1) is 15.6. The Labute approximate surface area is 189 Å². The van der Waals surface area contributed by atoms with Crippen LogP contribution in [-0.4, -0.2) is 47.7 Å². The molecule has 1 amide bonds. The van der Waals surface area contributed by atoms with Crippen LogP contribution in [0.4, 0.5) is 5.69 Å². The molecule has 0 spiro atoms. The summed E-state index contributed by atoms with van der Waals surface area (Å²) < 4.78 is 6.30. The smallest absolute Gasteiger partial charge is 0.253 e. The van der Waals surface area contributed by atoms with Gasteiger partial charge in [-0.3, -0.25) is 4.79 Å². The first-order valence-electron chi connectivity index (χ1n) is 11.2. The summed E-state index contributed by atoms with van der Waals surface area (Å²) >= 11 is 0. The van der Waals surface area contributed by atoms with Gasteiger partial charge >= 0.3 is 0 Å². The van der Waals surface area contributed by atoms with Crippen molar-refractivity contribution < 1.29 is 9.53 Å². The molecule has 2 aliphatic heterocycles. The molecule has 0 aliphatic carbocycles. The number of aliphatic imine (C=N–C) groups is 1. The van der Waals surface area contributed by atoms with Crippen molar-refractivity contribution in [1.29, 1.82) is 0 Å². The van der Waals surface area contributed by atoms with Gasteiger partial charge in [-0.25, -0.2) is 4.99 Å². The molecule has 32 heavy (non-hydrogen) atoms. The molecule has 0 bridgehead atoms. The molecule has 5 nitrogen and oxygen atoms in total. The summed E-state index contributed by atoms with van der Waals surface area (Å²) in [4.78, 5) is 22.3. The Balaban J connectivity index is 1.47. The van der Waals surface area contributed by atoms with Crippen molar-refractivity contribution >= 4 is 17.4 Å². The predicted octanol–water partition coefficient (Wildman–Crippen LogP) is 5.34. The third-order valence-corrected chi connectivity index (χ3v) is 6.04. The standard InChI is InChI=1S/C27H27N3O2/c1-19-10-12-24-22(17-19)26(28-23-11-9-20(2)18-25(23)32-24)29-13-6-14-30(16-15-29)27(31)21-7-4-3-5-8-21/h3-5,7-12,17-18H,6,13-16H2,1-2H3. The molecule has 3 aromatic carbocycles. The Hall–Kier alpha value is -3.60. The lowest BCUT2D eigenvalue weighted by Gasteiger charge is -2.25. The number of aryl methyl sites for hydroxylation is 2. The van der Waals surface area contributed by atoms with Crippen LogP contribution in [0.1, 0.15) is 33.5 Å². The lowest BCUT2D eigenvalue weighted by Crippen LogP contribution is -2.37. The lowest BCUT2D eigenvalue weighted by atomic mass is 10.1. The van der Waals surface area contributed by atoms with E-state index in [1.165, 1.54) is 0 Å². The lowest BCUT2D eigenvalue weighted by molar-refractivity contribution is 0.0764. The van der Waals surface area contributed by atoms with Crippen LogP contribution < -0.4 is 4.74 Å². The van der Waals surface area contributed by atoms with Crippen LogP contribution in [-0.2, 0) is 0 Å². The van der Waals surface area contributed by atoms with Crippen LogP contribution in [0.2, 0.25) is 0 Å². The molecule has 3 aromatic rings. The summed E-state index contributed by atoms with van der Waals surface area (Å²) in [6.07, 6.45) is 0.889. The number of hydrogen-bond donors (Lipinski definition) is 0. The summed E-state index contributed by atoms with van der Waals surface area (Å²) in [6.45, 7) is 7.11. The number of fused-ring (bicyclic) bond motifs is 2. The molecule has 0 aromatic heterocycles. The maximum absolute atomic E-state index is 13.0. The Bertz CT molecular complexity index is 1190. The van der Waals surface area contributed by atoms with E-state index in [1.807, 2.05) is 53.4 Å². The van der Waals surface area contributed by atoms with E-state index in [0.717, 1.165) is 71.3 Å². The summed E-state index contributed by atoms with van der Waals surface area (Å²) in [5.41, 5.74) is 4.88. The van der Waals surface area contributed by atoms with E-state index in [-0.39, 0.29) is 5.91 Å². The zero-order chi connectivity index (χ0) is 22.1. The second-order valence-corrected chi connectivity index (χ2v) is 8.51. The molecule has 1 saturated heterocycles. The van der Waals surface area contributed by atoms with Gasteiger partial charge in [0.2, 0.25) is 0 Å². The summed E-state index contributed by atoms with van der Waals surface area (Å²) in [6, 6.07) is 21.9. The Morgan fingerprint density at radius 1 is 0.844 bits per heavy atom. The molecular weight excluding hydrogens is 398 g/mol. The number of ether oxygens (including phenoxy) is 1. The van der Waals surface area contributed by atoms with E-state index in [4.69, 9.17) is 9.73 Å². The fourth-order valence-corrected chi connectivity index (χ4v) is 4.33. The van der Waals surface area contributed by atoms with Gasteiger partial charge in [0.25, 0.3) is 5.91 Å². The summed E-state index contributed by atoms with van der Waals surface area (Å²) in [7, 11) is 0. The van der Waals surface area contributed by atoms with Crippen molar-refractivity contribution in [2.24, 2.45) is 4.99 Å². The van der Waals surface area contributed by atoms with Crippen molar-refractivity contribution in [3.05, 3.63) is 89.0 Å². The average Bonchev–Trinajstić information content (AvgIpc) is 3.14. The van der Waals surface area contributed by atoms with E-state index in [2.05, 4.69) is 36.9 Å². The van der Waals surface area contributed by atoms with Crippen LogP contribution in [0.3, 0.4) is 0 Å². The zero-order valence-corrected chi connectivity index (χ0v) is 18.5. The van der Waals surface area contributed by atoms with Crippen molar-refractivity contribution in [2.75, 3.05) is 26.2 Å². The van der Waals surface area contributed by atoms with Gasteiger partial charge in [0.05, 0.1) is 5.56 Å². The third-order valence-electron chi connectivity index (χ3n) is 6.04. The number of rotatable bonds is 1. The molecule has 0 unspecified atom stereocenters. The second-order valence-electron chi connectivity index (χ2n) is 8.51. The molecule has 2 aliphatic rings. The maximum Gasteiger partial charge on any atom is 0.253 e.